The zero-order chi connectivity index (χ0) is 18.6. The van der Waals surface area contributed by atoms with Crippen LogP contribution in [0.25, 0.3) is 0 Å². The first kappa shape index (κ1) is 16.8. The lowest BCUT2D eigenvalue weighted by atomic mass is 9.85. The molecule has 2 aliphatic rings. The number of likely N-dealkylation sites (N-methyl/N-ethyl adjacent to an activating group) is 1. The molecule has 4 heteroatoms. The van der Waals surface area contributed by atoms with E-state index in [1.807, 2.05) is 62.2 Å². The molecular formula is C22H24N2O2. The highest BCUT2D eigenvalue weighted by atomic mass is 16.2. The Morgan fingerprint density at radius 2 is 1.88 bits per heavy atom. The Labute approximate surface area is 154 Å². The lowest BCUT2D eigenvalue weighted by Gasteiger charge is -2.23. The van der Waals surface area contributed by atoms with E-state index in [9.17, 15) is 9.59 Å². The van der Waals surface area contributed by atoms with E-state index < -0.39 is 5.41 Å². The molecule has 1 atom stereocenters. The molecule has 0 spiro atoms. The van der Waals surface area contributed by atoms with E-state index in [1.54, 1.807) is 4.90 Å². The molecule has 2 aromatic carbocycles. The standard InChI is InChI=1S/C22H24N2O2/c1-14-11-16-7-5-6-8-18(16)24(14)20(25)13-15-9-10-19-17(12-15)22(2,3)21(26)23(19)4/h5-10,12,14H,11,13H2,1-4H3. The van der Waals surface area contributed by atoms with Gasteiger partial charge in [0.05, 0.1) is 11.8 Å². The zero-order valence-corrected chi connectivity index (χ0v) is 15.7. The van der Waals surface area contributed by atoms with Crippen LogP contribution in [0, 0.1) is 0 Å². The summed E-state index contributed by atoms with van der Waals surface area (Å²) < 4.78 is 0. The van der Waals surface area contributed by atoms with Gasteiger partial charge < -0.3 is 9.80 Å². The molecule has 0 fully saturated rings. The molecule has 0 bridgehead atoms. The first-order valence-electron chi connectivity index (χ1n) is 9.12. The van der Waals surface area contributed by atoms with Crippen molar-refractivity contribution in [3.8, 4) is 0 Å². The Morgan fingerprint density at radius 3 is 2.65 bits per heavy atom. The molecule has 1 unspecified atom stereocenters. The van der Waals surface area contributed by atoms with Crippen molar-refractivity contribution in [2.75, 3.05) is 16.8 Å². The Kier molecular flexibility index (Phi) is 3.69. The van der Waals surface area contributed by atoms with Gasteiger partial charge in [-0.25, -0.2) is 0 Å². The van der Waals surface area contributed by atoms with Crippen LogP contribution in [-0.2, 0) is 27.8 Å². The fourth-order valence-electron chi connectivity index (χ4n) is 4.34. The molecular weight excluding hydrogens is 324 g/mol. The van der Waals surface area contributed by atoms with Crippen molar-refractivity contribution in [3.63, 3.8) is 0 Å². The van der Waals surface area contributed by atoms with Gasteiger partial charge in [-0.15, -0.1) is 0 Å². The number of rotatable bonds is 2. The van der Waals surface area contributed by atoms with Crippen molar-refractivity contribution in [1.29, 1.82) is 0 Å². The third-order valence-corrected chi connectivity index (χ3v) is 5.77. The Balaban J connectivity index is 1.63. The van der Waals surface area contributed by atoms with Crippen molar-refractivity contribution in [2.45, 2.75) is 45.1 Å². The van der Waals surface area contributed by atoms with E-state index in [4.69, 9.17) is 0 Å². The predicted octanol–water partition coefficient (Wildman–Crippen LogP) is 3.46. The van der Waals surface area contributed by atoms with Crippen LogP contribution in [0.15, 0.2) is 42.5 Å². The second-order valence-electron chi connectivity index (χ2n) is 7.96. The number of hydrogen-bond donors (Lipinski definition) is 0. The van der Waals surface area contributed by atoms with E-state index in [1.165, 1.54) is 5.56 Å². The summed E-state index contributed by atoms with van der Waals surface area (Å²) in [7, 11) is 1.81. The van der Waals surface area contributed by atoms with Crippen LogP contribution in [0.5, 0.6) is 0 Å². The number of fused-ring (bicyclic) bond motifs is 2. The van der Waals surface area contributed by atoms with Gasteiger partial charge in [0.15, 0.2) is 0 Å². The van der Waals surface area contributed by atoms with E-state index >= 15 is 0 Å². The number of benzene rings is 2. The summed E-state index contributed by atoms with van der Waals surface area (Å²) in [4.78, 5) is 29.1. The third-order valence-electron chi connectivity index (χ3n) is 5.77. The van der Waals surface area contributed by atoms with Crippen molar-refractivity contribution < 1.29 is 9.59 Å². The molecule has 0 aromatic heterocycles. The minimum atomic E-state index is -0.545. The van der Waals surface area contributed by atoms with Gasteiger partial charge in [-0.2, -0.15) is 0 Å². The molecule has 2 aliphatic heterocycles. The first-order chi connectivity index (χ1) is 12.3. The minimum absolute atomic E-state index is 0.0954. The number of carbonyl (C=O) groups is 2. The molecule has 4 nitrogen and oxygen atoms in total. The maximum absolute atomic E-state index is 13.0. The molecule has 2 aromatic rings. The monoisotopic (exact) mass is 348 g/mol. The summed E-state index contributed by atoms with van der Waals surface area (Å²) >= 11 is 0. The van der Waals surface area contributed by atoms with Crippen LogP contribution in [-0.4, -0.2) is 24.9 Å². The number of carbonyl (C=O) groups excluding carboxylic acids is 2. The zero-order valence-electron chi connectivity index (χ0n) is 15.7. The number of anilines is 2. The fraction of sp³-hybridized carbons (Fsp3) is 0.364. The van der Waals surface area contributed by atoms with Crippen LogP contribution in [0.4, 0.5) is 11.4 Å². The van der Waals surface area contributed by atoms with Gasteiger partial charge in [-0.3, -0.25) is 9.59 Å². The normalized spacial score (nSPS) is 20.3. The second-order valence-corrected chi connectivity index (χ2v) is 7.96. The van der Waals surface area contributed by atoms with Crippen LogP contribution in [0.2, 0.25) is 0 Å². The molecule has 0 saturated carbocycles. The molecule has 0 N–H and O–H groups in total. The van der Waals surface area contributed by atoms with Gasteiger partial charge in [-0.05, 0) is 56.0 Å². The number of para-hydroxylation sites is 1. The fourth-order valence-corrected chi connectivity index (χ4v) is 4.34. The van der Waals surface area contributed by atoms with Crippen LogP contribution < -0.4 is 9.80 Å². The lowest BCUT2D eigenvalue weighted by Crippen LogP contribution is -2.36. The molecule has 0 saturated heterocycles. The summed E-state index contributed by atoms with van der Waals surface area (Å²) in [6.45, 7) is 5.99. The Bertz CT molecular complexity index is 916. The minimum Gasteiger partial charge on any atom is -0.314 e. The quantitative estimate of drug-likeness (QED) is 0.834. The summed E-state index contributed by atoms with van der Waals surface area (Å²) in [6, 6.07) is 14.3. The largest absolute Gasteiger partial charge is 0.314 e. The Hall–Kier alpha value is -2.62. The summed E-state index contributed by atoms with van der Waals surface area (Å²) in [5.41, 5.74) is 4.62. The number of amides is 2. The van der Waals surface area contributed by atoms with Gasteiger partial charge in [0.25, 0.3) is 0 Å². The second kappa shape index (κ2) is 5.70. The number of nitrogens with zero attached hydrogens (tertiary/aromatic N) is 2. The lowest BCUT2D eigenvalue weighted by molar-refractivity contribution is -0.121. The van der Waals surface area contributed by atoms with Crippen molar-refractivity contribution in [3.05, 3.63) is 59.2 Å². The first-order valence-corrected chi connectivity index (χ1v) is 9.12. The molecule has 0 aliphatic carbocycles. The Morgan fingerprint density at radius 1 is 1.15 bits per heavy atom. The van der Waals surface area contributed by atoms with Crippen LogP contribution in [0.3, 0.4) is 0 Å². The van der Waals surface area contributed by atoms with Gasteiger partial charge in [0.1, 0.15) is 0 Å². The maximum Gasteiger partial charge on any atom is 0.236 e. The van der Waals surface area contributed by atoms with Gasteiger partial charge in [0.2, 0.25) is 11.8 Å². The third kappa shape index (κ3) is 2.36. The van der Waals surface area contributed by atoms with E-state index in [2.05, 4.69) is 13.0 Å². The molecule has 2 heterocycles. The van der Waals surface area contributed by atoms with Gasteiger partial charge in [-0.1, -0.05) is 30.3 Å². The predicted molar refractivity (Wildman–Crippen MR) is 104 cm³/mol. The molecule has 0 radical (unpaired) electrons. The van der Waals surface area contributed by atoms with Crippen LogP contribution in [0.1, 0.15) is 37.5 Å². The maximum atomic E-state index is 13.0. The highest BCUT2D eigenvalue weighted by Crippen LogP contribution is 2.41. The van der Waals surface area contributed by atoms with E-state index in [0.717, 1.165) is 28.9 Å². The van der Waals surface area contributed by atoms with Crippen molar-refractivity contribution in [2.24, 2.45) is 0 Å². The highest BCUT2D eigenvalue weighted by molar-refractivity contribution is 6.07. The summed E-state index contributed by atoms with van der Waals surface area (Å²) in [5.74, 6) is 0.205. The topological polar surface area (TPSA) is 40.6 Å². The van der Waals surface area contributed by atoms with Gasteiger partial charge in [0, 0.05) is 24.5 Å². The van der Waals surface area contributed by atoms with Crippen LogP contribution >= 0.6 is 0 Å². The molecule has 4 rings (SSSR count). The highest BCUT2D eigenvalue weighted by Gasteiger charge is 2.42. The van der Waals surface area contributed by atoms with E-state index in [-0.39, 0.29) is 17.9 Å². The van der Waals surface area contributed by atoms with Crippen molar-refractivity contribution in [1.82, 2.24) is 0 Å². The SMILES string of the molecule is CC1Cc2ccccc2N1C(=O)Cc1ccc2c(c1)C(C)(C)C(=O)N2C. The average Bonchev–Trinajstić information content (AvgIpc) is 3.03. The molecule has 2 amide bonds. The van der Waals surface area contributed by atoms with Crippen molar-refractivity contribution >= 4 is 23.2 Å². The smallest absolute Gasteiger partial charge is 0.236 e. The molecule has 26 heavy (non-hydrogen) atoms. The number of hydrogen-bond acceptors (Lipinski definition) is 2. The average molecular weight is 348 g/mol. The molecule has 134 valence electrons. The van der Waals surface area contributed by atoms with Gasteiger partial charge >= 0.3 is 0 Å². The van der Waals surface area contributed by atoms with E-state index in [0.29, 0.717) is 6.42 Å². The summed E-state index contributed by atoms with van der Waals surface area (Å²) in [6.07, 6.45) is 1.25. The summed E-state index contributed by atoms with van der Waals surface area (Å²) in [5, 5.41) is 0.